The smallest absolute Gasteiger partial charge is 0.257 e. The number of hydrogen-bond acceptors (Lipinski definition) is 4. The number of halogens is 1. The molecule has 0 atom stereocenters. The third-order valence-corrected chi connectivity index (χ3v) is 5.50. The molecule has 2 aromatic carbocycles. The third kappa shape index (κ3) is 4.82. The summed E-state index contributed by atoms with van der Waals surface area (Å²) in [5, 5.41) is 0. The molecule has 3 rings (SSSR count). The Bertz CT molecular complexity index is 774. The Morgan fingerprint density at radius 2 is 1.74 bits per heavy atom. The molecule has 6 heteroatoms. The quantitative estimate of drug-likeness (QED) is 0.700. The van der Waals surface area contributed by atoms with Gasteiger partial charge in [-0.1, -0.05) is 30.3 Å². The van der Waals surface area contributed by atoms with Crippen molar-refractivity contribution in [1.29, 1.82) is 0 Å². The van der Waals surface area contributed by atoms with Crippen molar-refractivity contribution in [2.75, 3.05) is 46.9 Å². The van der Waals surface area contributed by atoms with Gasteiger partial charge in [-0.25, -0.2) is 0 Å². The zero-order chi connectivity index (χ0) is 19.2. The van der Waals surface area contributed by atoms with E-state index in [0.29, 0.717) is 34.6 Å². The Morgan fingerprint density at radius 1 is 1.04 bits per heavy atom. The van der Waals surface area contributed by atoms with Gasteiger partial charge in [0.05, 0.1) is 24.3 Å². The zero-order valence-corrected chi connectivity index (χ0v) is 17.4. The third-order valence-electron chi connectivity index (χ3n) is 4.91. The molecule has 0 aliphatic carbocycles. The summed E-state index contributed by atoms with van der Waals surface area (Å²) in [6.45, 7) is 4.20. The van der Waals surface area contributed by atoms with Gasteiger partial charge >= 0.3 is 0 Å². The lowest BCUT2D eigenvalue weighted by Gasteiger charge is -2.35. The summed E-state index contributed by atoms with van der Waals surface area (Å²) in [5.41, 5.74) is 1.88. The van der Waals surface area contributed by atoms with E-state index in [1.54, 1.807) is 26.4 Å². The van der Waals surface area contributed by atoms with Crippen LogP contribution in [0.15, 0.2) is 46.9 Å². The predicted molar refractivity (Wildman–Crippen MR) is 110 cm³/mol. The first kappa shape index (κ1) is 19.7. The molecule has 27 heavy (non-hydrogen) atoms. The number of nitrogens with zero attached hydrogens (tertiary/aromatic N) is 2. The van der Waals surface area contributed by atoms with E-state index in [-0.39, 0.29) is 5.91 Å². The van der Waals surface area contributed by atoms with Crippen molar-refractivity contribution in [1.82, 2.24) is 9.80 Å². The second-order valence-corrected chi connectivity index (χ2v) is 7.41. The Balaban J connectivity index is 1.61. The van der Waals surface area contributed by atoms with Gasteiger partial charge in [0.2, 0.25) is 0 Å². The number of piperazine rings is 1. The Labute approximate surface area is 169 Å². The fraction of sp³-hybridized carbons (Fsp3) is 0.381. The molecule has 2 aromatic rings. The molecule has 1 fully saturated rings. The Kier molecular flexibility index (Phi) is 6.74. The normalized spacial score (nSPS) is 14.9. The minimum Gasteiger partial charge on any atom is -0.497 e. The van der Waals surface area contributed by atoms with Crippen LogP contribution in [-0.2, 0) is 6.42 Å². The average molecular weight is 433 g/mol. The van der Waals surface area contributed by atoms with E-state index in [4.69, 9.17) is 9.47 Å². The lowest BCUT2D eigenvalue weighted by Crippen LogP contribution is -2.49. The first-order valence-corrected chi connectivity index (χ1v) is 9.88. The van der Waals surface area contributed by atoms with Crippen LogP contribution < -0.4 is 9.47 Å². The SMILES string of the molecule is COc1cc(Br)c(OC)c(C(=O)N2CCN(CCc3ccccc3)CC2)c1. The van der Waals surface area contributed by atoms with Crippen molar-refractivity contribution >= 4 is 21.8 Å². The van der Waals surface area contributed by atoms with E-state index >= 15 is 0 Å². The highest BCUT2D eigenvalue weighted by molar-refractivity contribution is 9.10. The summed E-state index contributed by atoms with van der Waals surface area (Å²) < 4.78 is 11.5. The van der Waals surface area contributed by atoms with Crippen LogP contribution in [0.4, 0.5) is 0 Å². The number of ether oxygens (including phenoxy) is 2. The van der Waals surface area contributed by atoms with E-state index in [1.165, 1.54) is 5.56 Å². The number of carbonyl (C=O) groups is 1. The van der Waals surface area contributed by atoms with Crippen LogP contribution in [-0.4, -0.2) is 62.7 Å². The van der Waals surface area contributed by atoms with Gasteiger partial charge in [-0.2, -0.15) is 0 Å². The molecule has 1 aliphatic heterocycles. The number of methoxy groups -OCH3 is 2. The van der Waals surface area contributed by atoms with Crippen LogP contribution in [0.2, 0.25) is 0 Å². The van der Waals surface area contributed by atoms with Gasteiger partial charge in [-0.05, 0) is 40.0 Å². The molecular weight excluding hydrogens is 408 g/mol. The van der Waals surface area contributed by atoms with E-state index in [1.807, 2.05) is 11.0 Å². The van der Waals surface area contributed by atoms with Crippen LogP contribution in [0.3, 0.4) is 0 Å². The highest BCUT2D eigenvalue weighted by Crippen LogP contribution is 2.34. The van der Waals surface area contributed by atoms with Crippen LogP contribution >= 0.6 is 15.9 Å². The molecule has 1 amide bonds. The molecule has 0 spiro atoms. The molecule has 0 saturated carbocycles. The molecule has 1 saturated heterocycles. The van der Waals surface area contributed by atoms with Gasteiger partial charge < -0.3 is 14.4 Å². The van der Waals surface area contributed by atoms with E-state index in [2.05, 4.69) is 45.1 Å². The molecular formula is C21H25BrN2O3. The van der Waals surface area contributed by atoms with Crippen molar-refractivity contribution in [3.8, 4) is 11.5 Å². The van der Waals surface area contributed by atoms with Gasteiger partial charge in [0.25, 0.3) is 5.91 Å². The number of rotatable bonds is 6. The summed E-state index contributed by atoms with van der Waals surface area (Å²) in [6, 6.07) is 14.1. The van der Waals surface area contributed by atoms with Crippen molar-refractivity contribution in [3.63, 3.8) is 0 Å². The molecule has 0 bridgehead atoms. The molecule has 0 radical (unpaired) electrons. The fourth-order valence-corrected chi connectivity index (χ4v) is 3.93. The van der Waals surface area contributed by atoms with Gasteiger partial charge in [-0.15, -0.1) is 0 Å². The largest absolute Gasteiger partial charge is 0.497 e. The van der Waals surface area contributed by atoms with Gasteiger partial charge in [0.15, 0.2) is 0 Å². The second-order valence-electron chi connectivity index (χ2n) is 6.56. The van der Waals surface area contributed by atoms with E-state index < -0.39 is 0 Å². The molecule has 1 aliphatic rings. The van der Waals surface area contributed by atoms with Crippen molar-refractivity contribution in [2.24, 2.45) is 0 Å². The van der Waals surface area contributed by atoms with Crippen molar-refractivity contribution in [3.05, 3.63) is 58.1 Å². The maximum absolute atomic E-state index is 13.0. The summed E-state index contributed by atoms with van der Waals surface area (Å²) in [7, 11) is 3.17. The van der Waals surface area contributed by atoms with E-state index in [0.717, 1.165) is 26.1 Å². The number of amides is 1. The predicted octanol–water partition coefficient (Wildman–Crippen LogP) is 3.47. The molecule has 144 valence electrons. The molecule has 5 nitrogen and oxygen atoms in total. The van der Waals surface area contributed by atoms with Crippen molar-refractivity contribution in [2.45, 2.75) is 6.42 Å². The lowest BCUT2D eigenvalue weighted by atomic mass is 10.1. The van der Waals surface area contributed by atoms with Crippen molar-refractivity contribution < 1.29 is 14.3 Å². The molecule has 0 aromatic heterocycles. The minimum atomic E-state index is -0.0193. The number of carbonyl (C=O) groups excluding carboxylic acids is 1. The Hall–Kier alpha value is -2.05. The van der Waals surface area contributed by atoms with E-state index in [9.17, 15) is 4.79 Å². The van der Waals surface area contributed by atoms with Gasteiger partial charge in [0, 0.05) is 32.7 Å². The summed E-state index contributed by atoms with van der Waals surface area (Å²) >= 11 is 3.46. The first-order chi connectivity index (χ1) is 13.1. The minimum absolute atomic E-state index is 0.0193. The summed E-state index contributed by atoms with van der Waals surface area (Å²) in [6.07, 6.45) is 1.03. The molecule has 0 unspecified atom stereocenters. The van der Waals surface area contributed by atoms with Gasteiger partial charge in [0.1, 0.15) is 11.5 Å². The molecule has 0 N–H and O–H groups in total. The Morgan fingerprint density at radius 3 is 2.37 bits per heavy atom. The average Bonchev–Trinajstić information content (AvgIpc) is 2.72. The van der Waals surface area contributed by atoms with Crippen LogP contribution in [0.25, 0.3) is 0 Å². The maximum atomic E-state index is 13.0. The number of hydrogen-bond donors (Lipinski definition) is 0. The highest BCUT2D eigenvalue weighted by atomic mass is 79.9. The zero-order valence-electron chi connectivity index (χ0n) is 15.8. The topological polar surface area (TPSA) is 42.0 Å². The first-order valence-electron chi connectivity index (χ1n) is 9.09. The van der Waals surface area contributed by atoms with Crippen LogP contribution in [0.5, 0.6) is 11.5 Å². The van der Waals surface area contributed by atoms with Crippen LogP contribution in [0, 0.1) is 0 Å². The highest BCUT2D eigenvalue weighted by Gasteiger charge is 2.26. The molecule has 1 heterocycles. The lowest BCUT2D eigenvalue weighted by molar-refractivity contribution is 0.0635. The standard InChI is InChI=1S/C21H25BrN2O3/c1-26-17-14-18(20(27-2)19(22)15-17)21(25)24-12-10-23(11-13-24)9-8-16-6-4-3-5-7-16/h3-7,14-15H,8-13H2,1-2H3. The van der Waals surface area contributed by atoms with Crippen LogP contribution in [0.1, 0.15) is 15.9 Å². The maximum Gasteiger partial charge on any atom is 0.257 e. The number of benzene rings is 2. The monoisotopic (exact) mass is 432 g/mol. The second kappa shape index (κ2) is 9.24. The fourth-order valence-electron chi connectivity index (χ4n) is 3.33. The summed E-state index contributed by atoms with van der Waals surface area (Å²) in [4.78, 5) is 17.3. The summed E-state index contributed by atoms with van der Waals surface area (Å²) in [5.74, 6) is 1.16. The van der Waals surface area contributed by atoms with Gasteiger partial charge in [-0.3, -0.25) is 9.69 Å².